The Bertz CT molecular complexity index is 255. The topological polar surface area (TPSA) is 66.6 Å². The molecule has 4 heteroatoms. The van der Waals surface area contributed by atoms with Crippen LogP contribution in [0.3, 0.4) is 0 Å². The first-order chi connectivity index (χ1) is 7.39. The van der Waals surface area contributed by atoms with Crippen molar-refractivity contribution in [2.24, 2.45) is 11.7 Å². The Morgan fingerprint density at radius 2 is 2.25 bits per heavy atom. The van der Waals surface area contributed by atoms with Gasteiger partial charge in [-0.1, -0.05) is 20.8 Å². The van der Waals surface area contributed by atoms with Gasteiger partial charge in [0.05, 0.1) is 0 Å². The average molecular weight is 228 g/mol. The van der Waals surface area contributed by atoms with Crippen LogP contribution in [0.25, 0.3) is 0 Å². The van der Waals surface area contributed by atoms with Gasteiger partial charge in [-0.2, -0.15) is 0 Å². The largest absolute Gasteiger partial charge is 0.480 e. The molecule has 4 nitrogen and oxygen atoms in total. The number of hydrogen-bond donors (Lipinski definition) is 2. The Balaban J connectivity index is 2.60. The summed E-state index contributed by atoms with van der Waals surface area (Å²) in [6, 6.07) is 0.341. The molecule has 0 bridgehead atoms. The van der Waals surface area contributed by atoms with Crippen LogP contribution in [0.4, 0.5) is 0 Å². The number of nitrogens with zero attached hydrogens (tertiary/aromatic N) is 1. The van der Waals surface area contributed by atoms with Crippen LogP contribution in [0.1, 0.15) is 40.0 Å². The van der Waals surface area contributed by atoms with E-state index in [1.165, 1.54) is 0 Å². The number of hydrogen-bond acceptors (Lipinski definition) is 3. The lowest BCUT2D eigenvalue weighted by molar-refractivity contribution is -0.143. The third kappa shape index (κ3) is 2.95. The van der Waals surface area contributed by atoms with Crippen LogP contribution in [0, 0.1) is 5.92 Å². The maximum absolute atomic E-state index is 11.1. The second-order valence-corrected chi connectivity index (χ2v) is 5.34. The van der Waals surface area contributed by atoms with Crippen molar-refractivity contribution in [1.29, 1.82) is 0 Å². The summed E-state index contributed by atoms with van der Waals surface area (Å²) in [6.07, 6.45) is 2.09. The van der Waals surface area contributed by atoms with E-state index in [1.54, 1.807) is 0 Å². The van der Waals surface area contributed by atoms with Gasteiger partial charge in [-0.05, 0) is 31.7 Å². The molecule has 1 aliphatic carbocycles. The number of rotatable bonds is 5. The first-order valence-electron chi connectivity index (χ1n) is 6.15. The van der Waals surface area contributed by atoms with Crippen LogP contribution in [-0.2, 0) is 4.79 Å². The molecule has 1 saturated carbocycles. The summed E-state index contributed by atoms with van der Waals surface area (Å²) < 4.78 is 0. The Morgan fingerprint density at radius 1 is 1.62 bits per heavy atom. The predicted molar refractivity (Wildman–Crippen MR) is 64.3 cm³/mol. The van der Waals surface area contributed by atoms with Crippen LogP contribution < -0.4 is 5.73 Å². The van der Waals surface area contributed by atoms with Gasteiger partial charge in [0, 0.05) is 12.6 Å². The zero-order chi connectivity index (χ0) is 12.3. The van der Waals surface area contributed by atoms with E-state index in [2.05, 4.69) is 25.7 Å². The SMILES string of the molecule is CCN(CC(C)C)C1CCC(N)(C(=O)O)C1. The minimum Gasteiger partial charge on any atom is -0.480 e. The Hall–Kier alpha value is -0.610. The highest BCUT2D eigenvalue weighted by atomic mass is 16.4. The first-order valence-corrected chi connectivity index (χ1v) is 6.15. The van der Waals surface area contributed by atoms with Crippen LogP contribution >= 0.6 is 0 Å². The van der Waals surface area contributed by atoms with Gasteiger partial charge in [-0.15, -0.1) is 0 Å². The molecule has 1 aliphatic rings. The van der Waals surface area contributed by atoms with Crippen molar-refractivity contribution in [2.75, 3.05) is 13.1 Å². The molecule has 0 aromatic carbocycles. The van der Waals surface area contributed by atoms with Gasteiger partial charge in [-0.25, -0.2) is 0 Å². The lowest BCUT2D eigenvalue weighted by Gasteiger charge is -2.30. The highest BCUT2D eigenvalue weighted by molar-refractivity contribution is 5.79. The standard InChI is InChI=1S/C12H24N2O2/c1-4-14(8-9(2)3)10-5-6-12(13,7-10)11(15)16/h9-10H,4-8,13H2,1-3H3,(H,15,16). The molecule has 2 atom stereocenters. The summed E-state index contributed by atoms with van der Waals surface area (Å²) in [4.78, 5) is 13.4. The van der Waals surface area contributed by atoms with Crippen molar-refractivity contribution in [1.82, 2.24) is 4.90 Å². The van der Waals surface area contributed by atoms with Gasteiger partial charge in [0.1, 0.15) is 5.54 Å². The number of carboxylic acids is 1. The number of carboxylic acid groups (broad SMARTS) is 1. The van der Waals surface area contributed by atoms with E-state index in [9.17, 15) is 4.79 Å². The van der Waals surface area contributed by atoms with Crippen LogP contribution in [0.15, 0.2) is 0 Å². The van der Waals surface area contributed by atoms with E-state index in [0.717, 1.165) is 19.5 Å². The Morgan fingerprint density at radius 3 is 2.62 bits per heavy atom. The Kier molecular flexibility index (Phi) is 4.33. The van der Waals surface area contributed by atoms with Crippen LogP contribution in [0.5, 0.6) is 0 Å². The summed E-state index contributed by atoms with van der Waals surface area (Å²) in [7, 11) is 0. The monoisotopic (exact) mass is 228 g/mol. The van der Waals surface area contributed by atoms with Gasteiger partial charge in [-0.3, -0.25) is 4.79 Å². The zero-order valence-corrected chi connectivity index (χ0v) is 10.6. The molecule has 0 radical (unpaired) electrons. The molecule has 0 saturated heterocycles. The quantitative estimate of drug-likeness (QED) is 0.744. The van der Waals surface area contributed by atoms with Gasteiger partial charge in [0.15, 0.2) is 0 Å². The molecule has 3 N–H and O–H groups in total. The highest BCUT2D eigenvalue weighted by Gasteiger charge is 2.43. The molecule has 1 fully saturated rings. The number of carbonyl (C=O) groups is 1. The third-order valence-corrected chi connectivity index (χ3v) is 3.47. The van der Waals surface area contributed by atoms with Crippen molar-refractivity contribution in [2.45, 2.75) is 51.6 Å². The first kappa shape index (κ1) is 13.5. The summed E-state index contributed by atoms with van der Waals surface area (Å²) in [6.45, 7) is 8.49. The van der Waals surface area contributed by atoms with Crippen LogP contribution in [-0.4, -0.2) is 40.6 Å². The smallest absolute Gasteiger partial charge is 0.323 e. The van der Waals surface area contributed by atoms with E-state index >= 15 is 0 Å². The maximum Gasteiger partial charge on any atom is 0.323 e. The van der Waals surface area contributed by atoms with E-state index < -0.39 is 11.5 Å². The molecule has 0 spiro atoms. The molecule has 16 heavy (non-hydrogen) atoms. The fourth-order valence-electron chi connectivity index (χ4n) is 2.56. The summed E-state index contributed by atoms with van der Waals surface area (Å²) in [5.74, 6) is -0.242. The van der Waals surface area contributed by atoms with Crippen molar-refractivity contribution < 1.29 is 9.90 Å². The second kappa shape index (κ2) is 5.15. The molecule has 2 unspecified atom stereocenters. The van der Waals surface area contributed by atoms with Gasteiger partial charge in [0.2, 0.25) is 0 Å². The lowest BCUT2D eigenvalue weighted by Crippen LogP contribution is -2.47. The van der Waals surface area contributed by atoms with E-state index in [4.69, 9.17) is 10.8 Å². The van der Waals surface area contributed by atoms with Crippen molar-refractivity contribution in [3.8, 4) is 0 Å². The van der Waals surface area contributed by atoms with Gasteiger partial charge < -0.3 is 15.7 Å². The molecular weight excluding hydrogens is 204 g/mol. The van der Waals surface area contributed by atoms with E-state index in [0.29, 0.717) is 24.8 Å². The summed E-state index contributed by atoms with van der Waals surface area (Å²) in [5, 5.41) is 9.08. The normalized spacial score (nSPS) is 30.2. The summed E-state index contributed by atoms with van der Waals surface area (Å²) >= 11 is 0. The van der Waals surface area contributed by atoms with Gasteiger partial charge in [0.25, 0.3) is 0 Å². The molecule has 0 amide bonds. The minimum absolute atomic E-state index is 0.341. The lowest BCUT2D eigenvalue weighted by atomic mass is 9.99. The third-order valence-electron chi connectivity index (χ3n) is 3.47. The predicted octanol–water partition coefficient (Wildman–Crippen LogP) is 1.30. The van der Waals surface area contributed by atoms with E-state index in [1.807, 2.05) is 0 Å². The van der Waals surface area contributed by atoms with Crippen molar-refractivity contribution in [3.63, 3.8) is 0 Å². The highest BCUT2D eigenvalue weighted by Crippen LogP contribution is 2.31. The van der Waals surface area contributed by atoms with Gasteiger partial charge >= 0.3 is 5.97 Å². The maximum atomic E-state index is 11.1. The zero-order valence-electron chi connectivity index (χ0n) is 10.6. The molecule has 0 aromatic heterocycles. The second-order valence-electron chi connectivity index (χ2n) is 5.34. The number of aliphatic carboxylic acids is 1. The average Bonchev–Trinajstić information content (AvgIpc) is 2.58. The molecular formula is C12H24N2O2. The van der Waals surface area contributed by atoms with Crippen molar-refractivity contribution in [3.05, 3.63) is 0 Å². The fourth-order valence-corrected chi connectivity index (χ4v) is 2.56. The molecule has 1 rings (SSSR count). The minimum atomic E-state index is -0.991. The number of nitrogens with two attached hydrogens (primary N) is 1. The molecule has 0 aliphatic heterocycles. The van der Waals surface area contributed by atoms with E-state index in [-0.39, 0.29) is 0 Å². The summed E-state index contributed by atoms with van der Waals surface area (Å²) in [5.41, 5.74) is 4.90. The van der Waals surface area contributed by atoms with Crippen LogP contribution in [0.2, 0.25) is 0 Å². The fraction of sp³-hybridized carbons (Fsp3) is 0.917. The Labute approximate surface area is 97.8 Å². The molecule has 0 heterocycles. The molecule has 94 valence electrons. The van der Waals surface area contributed by atoms with Crippen molar-refractivity contribution >= 4 is 5.97 Å². The molecule has 0 aromatic rings.